The van der Waals surface area contributed by atoms with Crippen molar-refractivity contribution in [2.24, 2.45) is 0 Å². The van der Waals surface area contributed by atoms with Crippen molar-refractivity contribution in [3.05, 3.63) is 108 Å². The number of aliphatic carboxylic acids is 1. The highest BCUT2D eigenvalue weighted by Crippen LogP contribution is 2.11. The molecule has 10 N–H and O–H groups in total. The number of hydrogen-bond donors (Lipinski definition) is 4. The van der Waals surface area contributed by atoms with Crippen molar-refractivity contribution in [2.45, 2.75) is 27.1 Å². The molecule has 3 aromatic rings. The molecule has 0 aliphatic heterocycles. The monoisotopic (exact) mass is 476 g/mol. The summed E-state index contributed by atoms with van der Waals surface area (Å²) in [6.45, 7) is 0. The van der Waals surface area contributed by atoms with Crippen molar-refractivity contribution in [1.29, 1.82) is 5.26 Å². The van der Waals surface area contributed by atoms with E-state index in [9.17, 15) is 9.59 Å². The molecule has 3 aromatic carbocycles. The summed E-state index contributed by atoms with van der Waals surface area (Å²) in [6.07, 6.45) is -1.56. The third-order valence-corrected chi connectivity index (χ3v) is 3.52. The fraction of sp³-hybridized carbons (Fsp3) is 0.160. The fourth-order valence-corrected chi connectivity index (χ4v) is 2.02. The van der Waals surface area contributed by atoms with Gasteiger partial charge in [-0.3, -0.25) is 4.79 Å². The largest absolute Gasteiger partial charge is 0.479 e. The van der Waals surface area contributed by atoms with Gasteiger partial charge in [0.2, 0.25) is 0 Å². The Morgan fingerprint density at radius 3 is 1.41 bits per heavy atom. The molecule has 0 heterocycles. The average molecular weight is 477 g/mol. The molecule has 0 fully saturated rings. The van der Waals surface area contributed by atoms with Crippen LogP contribution >= 0.6 is 0 Å². The lowest BCUT2D eigenvalue weighted by molar-refractivity contribution is -0.146. The van der Waals surface area contributed by atoms with Gasteiger partial charge in [0.1, 0.15) is 6.29 Å². The molecule has 0 saturated heterocycles. The SMILES string of the molecule is C.C.N.N#CC(O)c1ccccc1.O.O.O=C(O)C(O)c1ccccc1.O=Cc1ccccc1. The number of rotatable bonds is 4. The molecule has 34 heavy (non-hydrogen) atoms. The second-order valence-electron chi connectivity index (χ2n) is 5.62. The molecule has 9 heteroatoms. The molecule has 0 bridgehead atoms. The summed E-state index contributed by atoms with van der Waals surface area (Å²) < 4.78 is 0. The van der Waals surface area contributed by atoms with Crippen molar-refractivity contribution in [3.8, 4) is 6.07 Å². The Kier molecular flexibility index (Phi) is 28.3. The summed E-state index contributed by atoms with van der Waals surface area (Å²) in [7, 11) is 0. The van der Waals surface area contributed by atoms with E-state index >= 15 is 0 Å². The van der Waals surface area contributed by atoms with E-state index in [1.807, 2.05) is 24.3 Å². The molecular formula is C25H36N2O7. The van der Waals surface area contributed by atoms with E-state index in [2.05, 4.69) is 0 Å². The number of carboxylic acids is 1. The first-order valence-electron chi connectivity index (χ1n) is 8.58. The Hall–Kier alpha value is -3.91. The van der Waals surface area contributed by atoms with Gasteiger partial charge in [0.05, 0.1) is 6.07 Å². The van der Waals surface area contributed by atoms with Crippen molar-refractivity contribution in [2.75, 3.05) is 0 Å². The van der Waals surface area contributed by atoms with Gasteiger partial charge in [-0.1, -0.05) is 106 Å². The highest BCUT2D eigenvalue weighted by molar-refractivity contribution is 5.74. The van der Waals surface area contributed by atoms with Gasteiger partial charge in [0, 0.05) is 5.56 Å². The number of nitriles is 1. The molecule has 2 unspecified atom stereocenters. The molecule has 3 rings (SSSR count). The number of benzene rings is 3. The molecule has 188 valence electrons. The predicted molar refractivity (Wildman–Crippen MR) is 134 cm³/mol. The Bertz CT molecular complexity index is 903. The number of aliphatic hydroxyl groups is 2. The van der Waals surface area contributed by atoms with E-state index in [0.717, 1.165) is 11.8 Å². The topological polar surface area (TPSA) is 217 Å². The summed E-state index contributed by atoms with van der Waals surface area (Å²) in [5, 5.41) is 34.6. The Morgan fingerprint density at radius 1 is 0.765 bits per heavy atom. The highest BCUT2D eigenvalue weighted by Gasteiger charge is 2.14. The molecule has 2 atom stereocenters. The smallest absolute Gasteiger partial charge is 0.337 e. The van der Waals surface area contributed by atoms with Gasteiger partial charge in [0.25, 0.3) is 0 Å². The summed E-state index contributed by atoms with van der Waals surface area (Å²) in [4.78, 5) is 20.3. The van der Waals surface area contributed by atoms with Crippen LogP contribution in [0, 0.1) is 11.3 Å². The Balaban J connectivity index is -0.000000116. The van der Waals surface area contributed by atoms with Gasteiger partial charge in [-0.2, -0.15) is 5.26 Å². The maximum absolute atomic E-state index is 10.2. The zero-order valence-corrected chi connectivity index (χ0v) is 17.2. The molecule has 0 aliphatic carbocycles. The van der Waals surface area contributed by atoms with Crippen molar-refractivity contribution in [3.63, 3.8) is 0 Å². The number of aldehydes is 1. The number of carbonyl (C=O) groups excluding carboxylic acids is 1. The molecule has 0 saturated carbocycles. The van der Waals surface area contributed by atoms with E-state index in [1.54, 1.807) is 72.8 Å². The number of carboxylic acid groups (broad SMARTS) is 1. The molecule has 0 aliphatic rings. The van der Waals surface area contributed by atoms with Crippen LogP contribution in [0.15, 0.2) is 91.0 Å². The average Bonchev–Trinajstić information content (AvgIpc) is 2.80. The zero-order chi connectivity index (χ0) is 21.5. The third kappa shape index (κ3) is 15.8. The number of nitrogens with zero attached hydrogens (tertiary/aromatic N) is 1. The Morgan fingerprint density at radius 2 is 1.12 bits per heavy atom. The van der Waals surface area contributed by atoms with Gasteiger partial charge in [-0.15, -0.1) is 0 Å². The first-order chi connectivity index (χ1) is 14.0. The van der Waals surface area contributed by atoms with Crippen LogP contribution in [-0.4, -0.2) is 38.5 Å². The lowest BCUT2D eigenvalue weighted by Gasteiger charge is -2.03. The standard InChI is InChI=1S/C8H7NO.C8H8O3.C7H6O.2CH4.H3N.2H2O/c9-6-8(10)7-4-2-1-3-5-7;9-7(8(10)11)6-4-2-1-3-5-6;8-6-7-4-2-1-3-5-7;;;;;/h1-5,8,10H;1-5,7,9H,(H,10,11);1-6H;2*1H4;1H3;2*1H2. The van der Waals surface area contributed by atoms with Crippen molar-refractivity contribution in [1.82, 2.24) is 6.15 Å². The van der Waals surface area contributed by atoms with Gasteiger partial charge < -0.3 is 32.4 Å². The molecule has 0 radical (unpaired) electrons. The lowest BCUT2D eigenvalue weighted by Crippen LogP contribution is -2.09. The maximum atomic E-state index is 10.2. The van der Waals surface area contributed by atoms with Gasteiger partial charge >= 0.3 is 5.97 Å². The second kappa shape index (κ2) is 23.7. The van der Waals surface area contributed by atoms with Crippen LogP contribution in [-0.2, 0) is 4.79 Å². The van der Waals surface area contributed by atoms with E-state index in [-0.39, 0.29) is 32.0 Å². The first-order valence-corrected chi connectivity index (χ1v) is 8.58. The summed E-state index contributed by atoms with van der Waals surface area (Å²) in [5.74, 6) is -1.23. The number of carbonyl (C=O) groups is 2. The lowest BCUT2D eigenvalue weighted by atomic mass is 10.1. The molecule has 0 aromatic heterocycles. The van der Waals surface area contributed by atoms with Gasteiger partial charge in [0.15, 0.2) is 12.2 Å². The summed E-state index contributed by atoms with van der Waals surface area (Å²) >= 11 is 0. The molecule has 0 amide bonds. The fourth-order valence-electron chi connectivity index (χ4n) is 2.02. The van der Waals surface area contributed by atoms with Gasteiger partial charge in [-0.05, 0) is 11.1 Å². The van der Waals surface area contributed by atoms with E-state index < -0.39 is 18.2 Å². The molecule has 9 nitrogen and oxygen atoms in total. The van der Waals surface area contributed by atoms with Crippen LogP contribution in [0.1, 0.15) is 48.5 Å². The predicted octanol–water partition coefficient (Wildman–Crippen LogP) is 3.33. The van der Waals surface area contributed by atoms with Crippen LogP contribution in [0.25, 0.3) is 0 Å². The maximum Gasteiger partial charge on any atom is 0.337 e. The summed E-state index contributed by atoms with van der Waals surface area (Å²) in [6, 6.07) is 27.9. The van der Waals surface area contributed by atoms with Gasteiger partial charge in [-0.25, -0.2) is 4.79 Å². The second-order valence-corrected chi connectivity index (χ2v) is 5.62. The highest BCUT2D eigenvalue weighted by atomic mass is 16.4. The molecular weight excluding hydrogens is 440 g/mol. The van der Waals surface area contributed by atoms with Crippen LogP contribution in [0.2, 0.25) is 0 Å². The van der Waals surface area contributed by atoms with Crippen LogP contribution in [0.4, 0.5) is 0 Å². The van der Waals surface area contributed by atoms with Crippen molar-refractivity contribution < 1.29 is 35.9 Å². The Labute approximate surface area is 200 Å². The minimum atomic E-state index is -1.41. The third-order valence-electron chi connectivity index (χ3n) is 3.52. The van der Waals surface area contributed by atoms with Crippen molar-refractivity contribution >= 4 is 12.3 Å². The first kappa shape index (κ1) is 40.4. The molecule has 0 spiro atoms. The zero-order valence-electron chi connectivity index (χ0n) is 17.2. The minimum absolute atomic E-state index is 0. The number of aliphatic hydroxyl groups excluding tert-OH is 2. The minimum Gasteiger partial charge on any atom is -0.479 e. The quantitative estimate of drug-likeness (QED) is 0.325. The van der Waals surface area contributed by atoms with Crippen LogP contribution in [0.5, 0.6) is 0 Å². The van der Waals surface area contributed by atoms with E-state index in [1.165, 1.54) is 0 Å². The van der Waals surface area contributed by atoms with E-state index in [4.69, 9.17) is 20.6 Å². The van der Waals surface area contributed by atoms with Crippen LogP contribution < -0.4 is 6.15 Å². The number of hydrogen-bond acceptors (Lipinski definition) is 6. The van der Waals surface area contributed by atoms with Crippen LogP contribution in [0.3, 0.4) is 0 Å². The normalized spacial score (nSPS) is 9.56. The van der Waals surface area contributed by atoms with E-state index in [0.29, 0.717) is 11.1 Å². The summed E-state index contributed by atoms with van der Waals surface area (Å²) in [5.41, 5.74) is 1.78.